The number of fused-ring (bicyclic) bond motifs is 1. The zero-order valence-corrected chi connectivity index (χ0v) is 17.8. The van der Waals surface area contributed by atoms with Crippen LogP contribution in [0.3, 0.4) is 0 Å². The summed E-state index contributed by atoms with van der Waals surface area (Å²) in [7, 11) is 1.35. The second-order valence-electron chi connectivity index (χ2n) is 6.32. The van der Waals surface area contributed by atoms with E-state index in [9.17, 15) is 9.59 Å². The van der Waals surface area contributed by atoms with Gasteiger partial charge in [-0.05, 0) is 37.3 Å². The van der Waals surface area contributed by atoms with E-state index in [1.807, 2.05) is 47.9 Å². The Balaban J connectivity index is 1.82. The molecule has 0 unspecified atom stereocenters. The number of methoxy groups -OCH3 is 1. The first kappa shape index (κ1) is 21.7. The van der Waals surface area contributed by atoms with Gasteiger partial charge in [0, 0.05) is 13.2 Å². The fourth-order valence-corrected chi connectivity index (χ4v) is 3.97. The summed E-state index contributed by atoms with van der Waals surface area (Å²) < 4.78 is 18.6. The van der Waals surface area contributed by atoms with E-state index in [0.717, 1.165) is 10.2 Å². The quantitative estimate of drug-likeness (QED) is 0.385. The number of aromatic nitrogens is 1. The Morgan fingerprint density at radius 1 is 1.10 bits per heavy atom. The number of amides is 1. The second-order valence-corrected chi connectivity index (χ2v) is 7.33. The monoisotopic (exact) mass is 428 g/mol. The third-order valence-electron chi connectivity index (χ3n) is 4.32. The number of carbonyl (C=O) groups is 2. The lowest BCUT2D eigenvalue weighted by molar-refractivity contribution is -0.118. The van der Waals surface area contributed by atoms with Crippen LogP contribution in [0, 0.1) is 0 Å². The third-order valence-corrected chi connectivity index (χ3v) is 5.36. The van der Waals surface area contributed by atoms with Crippen LogP contribution in [-0.2, 0) is 20.8 Å². The maximum absolute atomic E-state index is 12.4. The summed E-state index contributed by atoms with van der Waals surface area (Å²) >= 11 is 1.35. The normalized spacial score (nSPS) is 11.6. The highest BCUT2D eigenvalue weighted by Crippen LogP contribution is 2.20. The first-order valence-electron chi connectivity index (χ1n) is 9.67. The average molecular weight is 429 g/mol. The molecule has 30 heavy (non-hydrogen) atoms. The van der Waals surface area contributed by atoms with Crippen LogP contribution >= 0.6 is 11.3 Å². The highest BCUT2D eigenvalue weighted by Gasteiger charge is 2.12. The molecule has 158 valence electrons. The first-order valence-corrected chi connectivity index (χ1v) is 10.5. The molecular formula is C22H24N2O5S. The predicted octanol–water partition coefficient (Wildman–Crippen LogP) is 3.42. The standard InChI is InChI=1S/C22H24N2O5S/c1-3-28-14-12-24-18-10-9-16(21(26)27-2)15-19(18)30-22(24)23-20(25)11-13-29-17-7-5-4-6-8-17/h4-10,15H,3,11-14H2,1-2H3. The Hall–Kier alpha value is -2.97. The van der Waals surface area contributed by atoms with E-state index >= 15 is 0 Å². The number of rotatable bonds is 9. The number of hydrogen-bond donors (Lipinski definition) is 0. The Labute approximate surface area is 178 Å². The van der Waals surface area contributed by atoms with Crippen LogP contribution in [0.2, 0.25) is 0 Å². The van der Waals surface area contributed by atoms with Crippen molar-refractivity contribution in [1.29, 1.82) is 0 Å². The van der Waals surface area contributed by atoms with Gasteiger partial charge in [-0.25, -0.2) is 4.79 Å². The summed E-state index contributed by atoms with van der Waals surface area (Å²) in [5.74, 6) is 0.0453. The lowest BCUT2D eigenvalue weighted by atomic mass is 10.2. The molecule has 0 aliphatic heterocycles. The van der Waals surface area contributed by atoms with Crippen molar-refractivity contribution in [2.45, 2.75) is 19.9 Å². The Kier molecular flexibility index (Phi) is 7.75. The van der Waals surface area contributed by atoms with Crippen molar-refractivity contribution >= 4 is 33.4 Å². The number of carbonyl (C=O) groups excluding carboxylic acids is 2. The first-order chi connectivity index (χ1) is 14.6. The van der Waals surface area contributed by atoms with E-state index in [-0.39, 0.29) is 18.9 Å². The third kappa shape index (κ3) is 5.55. The highest BCUT2D eigenvalue weighted by atomic mass is 32.1. The fraction of sp³-hybridized carbons (Fsp3) is 0.318. The number of ether oxygens (including phenoxy) is 3. The number of nitrogens with zero attached hydrogens (tertiary/aromatic N) is 2. The summed E-state index contributed by atoms with van der Waals surface area (Å²) in [4.78, 5) is 29.1. The van der Waals surface area contributed by atoms with E-state index in [2.05, 4.69) is 4.99 Å². The van der Waals surface area contributed by atoms with Crippen molar-refractivity contribution in [3.8, 4) is 5.75 Å². The molecule has 0 aliphatic carbocycles. The minimum Gasteiger partial charge on any atom is -0.493 e. The van der Waals surface area contributed by atoms with E-state index in [1.165, 1.54) is 18.4 Å². The molecule has 0 bridgehead atoms. The smallest absolute Gasteiger partial charge is 0.337 e. The molecule has 1 aromatic heterocycles. The van der Waals surface area contributed by atoms with Gasteiger partial charge in [0.2, 0.25) is 0 Å². The van der Waals surface area contributed by atoms with Crippen molar-refractivity contribution in [2.24, 2.45) is 4.99 Å². The van der Waals surface area contributed by atoms with Crippen LogP contribution in [0.25, 0.3) is 10.2 Å². The van der Waals surface area contributed by atoms with E-state index in [4.69, 9.17) is 14.2 Å². The van der Waals surface area contributed by atoms with Crippen molar-refractivity contribution in [1.82, 2.24) is 4.57 Å². The summed E-state index contributed by atoms with van der Waals surface area (Å²) in [6.45, 7) is 3.85. The zero-order chi connectivity index (χ0) is 21.3. The molecule has 0 saturated heterocycles. The van der Waals surface area contributed by atoms with Crippen LogP contribution in [0.1, 0.15) is 23.7 Å². The molecular weight excluding hydrogens is 404 g/mol. The summed E-state index contributed by atoms with van der Waals surface area (Å²) in [6.07, 6.45) is 0.169. The molecule has 0 radical (unpaired) electrons. The molecule has 7 nitrogen and oxygen atoms in total. The Bertz CT molecular complexity index is 1070. The maximum atomic E-state index is 12.4. The molecule has 0 atom stereocenters. The van der Waals surface area contributed by atoms with Gasteiger partial charge in [0.25, 0.3) is 5.91 Å². The topological polar surface area (TPSA) is 79.1 Å². The van der Waals surface area contributed by atoms with Crippen LogP contribution in [0.15, 0.2) is 53.5 Å². The van der Waals surface area contributed by atoms with Crippen molar-refractivity contribution in [2.75, 3.05) is 26.9 Å². The van der Waals surface area contributed by atoms with E-state index in [0.29, 0.717) is 35.9 Å². The predicted molar refractivity (Wildman–Crippen MR) is 115 cm³/mol. The molecule has 3 rings (SSSR count). The average Bonchev–Trinajstić information content (AvgIpc) is 3.10. The fourth-order valence-electron chi connectivity index (χ4n) is 2.86. The SMILES string of the molecule is CCOCCn1c(=NC(=O)CCOc2ccccc2)sc2cc(C(=O)OC)ccc21. The lowest BCUT2D eigenvalue weighted by Gasteiger charge is -2.06. The second kappa shape index (κ2) is 10.7. The van der Waals surface area contributed by atoms with Gasteiger partial charge in [0.05, 0.1) is 42.5 Å². The molecule has 1 heterocycles. The molecule has 0 spiro atoms. The van der Waals surface area contributed by atoms with Gasteiger partial charge in [-0.3, -0.25) is 4.79 Å². The molecule has 0 aliphatic rings. The molecule has 2 aromatic carbocycles. The number of para-hydroxylation sites is 1. The molecule has 0 fully saturated rings. The van der Waals surface area contributed by atoms with Gasteiger partial charge < -0.3 is 18.8 Å². The molecule has 1 amide bonds. The van der Waals surface area contributed by atoms with Gasteiger partial charge in [0.15, 0.2) is 4.80 Å². The largest absolute Gasteiger partial charge is 0.493 e. The number of esters is 1. The van der Waals surface area contributed by atoms with Crippen LogP contribution in [-0.4, -0.2) is 43.4 Å². The highest BCUT2D eigenvalue weighted by molar-refractivity contribution is 7.16. The number of hydrogen-bond acceptors (Lipinski definition) is 6. The van der Waals surface area contributed by atoms with E-state index < -0.39 is 5.97 Å². The van der Waals surface area contributed by atoms with Crippen LogP contribution in [0.4, 0.5) is 0 Å². The lowest BCUT2D eigenvalue weighted by Crippen LogP contribution is -2.20. The molecule has 0 saturated carbocycles. The van der Waals surface area contributed by atoms with Gasteiger partial charge >= 0.3 is 5.97 Å². The minimum absolute atomic E-state index is 0.169. The summed E-state index contributed by atoms with van der Waals surface area (Å²) in [6, 6.07) is 14.6. The molecule has 3 aromatic rings. The molecule has 8 heteroatoms. The Morgan fingerprint density at radius 3 is 2.63 bits per heavy atom. The van der Waals surface area contributed by atoms with Gasteiger partial charge in [-0.2, -0.15) is 4.99 Å². The summed E-state index contributed by atoms with van der Waals surface area (Å²) in [5, 5.41) is 0. The van der Waals surface area contributed by atoms with Gasteiger partial charge in [0.1, 0.15) is 5.75 Å². The van der Waals surface area contributed by atoms with Crippen LogP contribution in [0.5, 0.6) is 5.75 Å². The molecule has 0 N–H and O–H groups in total. The maximum Gasteiger partial charge on any atom is 0.337 e. The van der Waals surface area contributed by atoms with Crippen molar-refractivity contribution in [3.63, 3.8) is 0 Å². The van der Waals surface area contributed by atoms with Gasteiger partial charge in [-0.15, -0.1) is 0 Å². The van der Waals surface area contributed by atoms with Crippen molar-refractivity contribution < 1.29 is 23.8 Å². The minimum atomic E-state index is -0.404. The van der Waals surface area contributed by atoms with Crippen LogP contribution < -0.4 is 9.54 Å². The number of benzene rings is 2. The van der Waals surface area contributed by atoms with Crippen molar-refractivity contribution in [3.05, 3.63) is 58.9 Å². The van der Waals surface area contributed by atoms with E-state index in [1.54, 1.807) is 12.1 Å². The summed E-state index contributed by atoms with van der Waals surface area (Å²) in [5.41, 5.74) is 1.34. The zero-order valence-electron chi connectivity index (χ0n) is 17.0. The number of thiazole rings is 1. The van der Waals surface area contributed by atoms with Gasteiger partial charge in [-0.1, -0.05) is 29.5 Å². The Morgan fingerprint density at radius 2 is 1.90 bits per heavy atom.